The first-order valence-corrected chi connectivity index (χ1v) is 8.19. The van der Waals surface area contributed by atoms with Gasteiger partial charge in [0.1, 0.15) is 5.65 Å². The lowest BCUT2D eigenvalue weighted by molar-refractivity contribution is 0.683. The smallest absolute Gasteiger partial charge is 0.151 e. The SMILES string of the molecule is CCCCN(c1nc2ccccn2c1CC(C)N)C1CC1. The van der Waals surface area contributed by atoms with Gasteiger partial charge in [0, 0.05) is 31.2 Å². The van der Waals surface area contributed by atoms with E-state index in [1.165, 1.54) is 31.4 Å². The van der Waals surface area contributed by atoms with Crippen LogP contribution in [0.4, 0.5) is 5.82 Å². The maximum Gasteiger partial charge on any atom is 0.151 e. The summed E-state index contributed by atoms with van der Waals surface area (Å²) in [4.78, 5) is 7.44. The third kappa shape index (κ3) is 3.05. The van der Waals surface area contributed by atoms with Gasteiger partial charge in [0.2, 0.25) is 0 Å². The average molecular weight is 286 g/mol. The zero-order valence-electron chi connectivity index (χ0n) is 13.1. The molecule has 0 radical (unpaired) electrons. The Balaban J connectivity index is 2.01. The van der Waals surface area contributed by atoms with Gasteiger partial charge in [-0.3, -0.25) is 0 Å². The predicted octanol–water partition coefficient (Wildman–Crippen LogP) is 2.99. The number of nitrogens with zero attached hydrogens (tertiary/aromatic N) is 3. The van der Waals surface area contributed by atoms with Gasteiger partial charge in [0.05, 0.1) is 5.69 Å². The van der Waals surface area contributed by atoms with Gasteiger partial charge < -0.3 is 15.0 Å². The standard InChI is InChI=1S/C17H26N4/c1-3-4-10-20(14-8-9-14)17-15(12-13(2)18)21-11-6-5-7-16(21)19-17/h5-7,11,13-14H,3-4,8-10,12,18H2,1-2H3. The highest BCUT2D eigenvalue weighted by Gasteiger charge is 2.32. The molecule has 114 valence electrons. The Labute approximate surface area is 127 Å². The highest BCUT2D eigenvalue weighted by Crippen LogP contribution is 2.34. The second kappa shape index (κ2) is 6.06. The van der Waals surface area contributed by atoms with Gasteiger partial charge in [0.25, 0.3) is 0 Å². The number of imidazole rings is 1. The highest BCUT2D eigenvalue weighted by molar-refractivity contribution is 5.57. The molecule has 2 N–H and O–H groups in total. The van der Waals surface area contributed by atoms with E-state index in [1.54, 1.807) is 0 Å². The minimum Gasteiger partial charge on any atom is -0.352 e. The number of hydrogen-bond donors (Lipinski definition) is 1. The fourth-order valence-electron chi connectivity index (χ4n) is 2.93. The maximum atomic E-state index is 6.08. The van der Waals surface area contributed by atoms with Crippen LogP contribution in [-0.2, 0) is 6.42 Å². The Morgan fingerprint density at radius 1 is 1.43 bits per heavy atom. The summed E-state index contributed by atoms with van der Waals surface area (Å²) in [5.41, 5.74) is 8.38. The fourth-order valence-corrected chi connectivity index (χ4v) is 2.93. The molecule has 1 unspecified atom stereocenters. The van der Waals surface area contributed by atoms with Crippen molar-refractivity contribution < 1.29 is 0 Å². The molecule has 1 aliphatic rings. The quantitative estimate of drug-likeness (QED) is 0.851. The van der Waals surface area contributed by atoms with E-state index in [4.69, 9.17) is 10.7 Å². The van der Waals surface area contributed by atoms with Gasteiger partial charge in [-0.2, -0.15) is 0 Å². The van der Waals surface area contributed by atoms with Crippen LogP contribution in [0, 0.1) is 0 Å². The average Bonchev–Trinajstić information content (AvgIpc) is 3.24. The van der Waals surface area contributed by atoms with Crippen LogP contribution in [0.1, 0.15) is 45.2 Å². The molecule has 0 aliphatic heterocycles. The Kier molecular flexibility index (Phi) is 4.15. The first-order chi connectivity index (χ1) is 10.2. The molecule has 4 nitrogen and oxygen atoms in total. The van der Waals surface area contributed by atoms with Crippen LogP contribution in [0.15, 0.2) is 24.4 Å². The molecule has 0 saturated heterocycles. The van der Waals surface area contributed by atoms with Crippen LogP contribution in [0.2, 0.25) is 0 Å². The number of nitrogens with two attached hydrogens (primary N) is 1. The van der Waals surface area contributed by atoms with Crippen molar-refractivity contribution in [1.29, 1.82) is 0 Å². The lowest BCUT2D eigenvalue weighted by atomic mass is 10.2. The summed E-state index contributed by atoms with van der Waals surface area (Å²) in [6.45, 7) is 5.42. The Hall–Kier alpha value is -1.55. The van der Waals surface area contributed by atoms with Gasteiger partial charge in [-0.15, -0.1) is 0 Å². The van der Waals surface area contributed by atoms with Gasteiger partial charge in [-0.25, -0.2) is 4.98 Å². The third-order valence-corrected chi connectivity index (χ3v) is 4.14. The van der Waals surface area contributed by atoms with Crippen LogP contribution in [0.5, 0.6) is 0 Å². The predicted molar refractivity (Wildman–Crippen MR) is 87.8 cm³/mol. The van der Waals surface area contributed by atoms with E-state index in [0.717, 1.165) is 24.4 Å². The van der Waals surface area contributed by atoms with E-state index in [0.29, 0.717) is 6.04 Å². The number of fused-ring (bicyclic) bond motifs is 1. The lowest BCUT2D eigenvalue weighted by Crippen LogP contribution is -2.29. The van der Waals surface area contributed by atoms with Crippen LogP contribution in [0.25, 0.3) is 5.65 Å². The molecule has 2 heterocycles. The molecule has 1 aliphatic carbocycles. The topological polar surface area (TPSA) is 46.6 Å². The van der Waals surface area contributed by atoms with E-state index in [-0.39, 0.29) is 6.04 Å². The van der Waals surface area contributed by atoms with E-state index in [9.17, 15) is 0 Å². The first-order valence-electron chi connectivity index (χ1n) is 8.19. The molecule has 1 fully saturated rings. The Bertz CT molecular complexity index is 598. The lowest BCUT2D eigenvalue weighted by Gasteiger charge is -2.24. The molecule has 1 atom stereocenters. The third-order valence-electron chi connectivity index (χ3n) is 4.14. The minimum absolute atomic E-state index is 0.149. The Morgan fingerprint density at radius 3 is 2.90 bits per heavy atom. The van der Waals surface area contributed by atoms with Crippen LogP contribution in [0.3, 0.4) is 0 Å². The van der Waals surface area contributed by atoms with E-state index in [2.05, 4.69) is 47.5 Å². The van der Waals surface area contributed by atoms with Crippen LogP contribution in [-0.4, -0.2) is 28.0 Å². The van der Waals surface area contributed by atoms with E-state index >= 15 is 0 Å². The second-order valence-corrected chi connectivity index (χ2v) is 6.27. The first kappa shape index (κ1) is 14.4. The molecule has 0 spiro atoms. The molecule has 2 aromatic heterocycles. The fraction of sp³-hybridized carbons (Fsp3) is 0.588. The molecule has 3 rings (SSSR count). The monoisotopic (exact) mass is 286 g/mol. The number of pyridine rings is 1. The van der Waals surface area contributed by atoms with E-state index in [1.807, 2.05) is 0 Å². The Morgan fingerprint density at radius 2 is 2.24 bits per heavy atom. The number of hydrogen-bond acceptors (Lipinski definition) is 3. The summed E-state index contributed by atoms with van der Waals surface area (Å²) < 4.78 is 2.21. The van der Waals surface area contributed by atoms with Crippen LogP contribution >= 0.6 is 0 Å². The molecule has 0 amide bonds. The summed E-state index contributed by atoms with van der Waals surface area (Å²) in [7, 11) is 0. The molecule has 1 saturated carbocycles. The van der Waals surface area contributed by atoms with E-state index < -0.39 is 0 Å². The number of anilines is 1. The van der Waals surface area contributed by atoms with Gasteiger partial charge in [0.15, 0.2) is 5.82 Å². The molecule has 0 bridgehead atoms. The summed E-state index contributed by atoms with van der Waals surface area (Å²) >= 11 is 0. The molecular formula is C17H26N4. The van der Waals surface area contributed by atoms with Gasteiger partial charge in [-0.1, -0.05) is 19.4 Å². The van der Waals surface area contributed by atoms with Crippen molar-refractivity contribution in [2.45, 2.75) is 58.0 Å². The molecule has 21 heavy (non-hydrogen) atoms. The maximum absolute atomic E-state index is 6.08. The number of rotatable bonds is 7. The highest BCUT2D eigenvalue weighted by atomic mass is 15.3. The minimum atomic E-state index is 0.149. The van der Waals surface area contributed by atoms with Crippen molar-refractivity contribution in [2.75, 3.05) is 11.4 Å². The number of unbranched alkanes of at least 4 members (excludes halogenated alkanes) is 1. The molecule has 2 aromatic rings. The number of aromatic nitrogens is 2. The summed E-state index contributed by atoms with van der Waals surface area (Å²) in [5, 5.41) is 0. The zero-order chi connectivity index (χ0) is 14.8. The van der Waals surface area contributed by atoms with Crippen molar-refractivity contribution in [1.82, 2.24) is 9.38 Å². The van der Waals surface area contributed by atoms with Gasteiger partial charge >= 0.3 is 0 Å². The normalized spacial score (nSPS) is 16.3. The zero-order valence-corrected chi connectivity index (χ0v) is 13.1. The van der Waals surface area contributed by atoms with Crippen LogP contribution < -0.4 is 10.6 Å². The van der Waals surface area contributed by atoms with Crippen molar-refractivity contribution in [3.8, 4) is 0 Å². The molecular weight excluding hydrogens is 260 g/mol. The van der Waals surface area contributed by atoms with Crippen molar-refractivity contribution in [3.63, 3.8) is 0 Å². The molecule has 0 aromatic carbocycles. The largest absolute Gasteiger partial charge is 0.352 e. The second-order valence-electron chi connectivity index (χ2n) is 6.27. The summed E-state index contributed by atoms with van der Waals surface area (Å²) in [6, 6.07) is 7.04. The van der Waals surface area contributed by atoms with Crippen molar-refractivity contribution in [2.24, 2.45) is 5.73 Å². The van der Waals surface area contributed by atoms with Crippen molar-refractivity contribution in [3.05, 3.63) is 30.1 Å². The molecule has 4 heteroatoms. The summed E-state index contributed by atoms with van der Waals surface area (Å²) in [5.74, 6) is 1.16. The summed E-state index contributed by atoms with van der Waals surface area (Å²) in [6.07, 6.45) is 8.02. The van der Waals surface area contributed by atoms with Gasteiger partial charge in [-0.05, 0) is 38.3 Å². The van der Waals surface area contributed by atoms with Crippen molar-refractivity contribution >= 4 is 11.5 Å².